The number of hydrogen-bond acceptors (Lipinski definition) is 3. The molecule has 114 valence electrons. The summed E-state index contributed by atoms with van der Waals surface area (Å²) in [5, 5.41) is 20.7. The Balaban J connectivity index is 2.37. The molecule has 0 unspecified atom stereocenters. The lowest BCUT2D eigenvalue weighted by Crippen LogP contribution is -1.99. The van der Waals surface area contributed by atoms with E-state index in [1.54, 1.807) is 24.3 Å². The van der Waals surface area contributed by atoms with Gasteiger partial charge in [-0.3, -0.25) is 10.1 Å². The molecular weight excluding hydrogens is 278 g/mol. The van der Waals surface area contributed by atoms with Crippen LogP contribution in [0.3, 0.4) is 0 Å². The van der Waals surface area contributed by atoms with Gasteiger partial charge in [0, 0.05) is 12.1 Å². The number of benzene rings is 2. The van der Waals surface area contributed by atoms with Crippen LogP contribution in [0, 0.1) is 24.0 Å². The van der Waals surface area contributed by atoms with Gasteiger partial charge in [-0.05, 0) is 60.6 Å². The number of phenolic OH excluding ortho intramolecular Hbond substituents is 1. The zero-order chi connectivity index (χ0) is 16.3. The van der Waals surface area contributed by atoms with Crippen LogP contribution in [0.2, 0.25) is 0 Å². The van der Waals surface area contributed by atoms with E-state index in [9.17, 15) is 15.2 Å². The van der Waals surface area contributed by atoms with Crippen molar-refractivity contribution in [3.05, 3.63) is 80.9 Å². The van der Waals surface area contributed by atoms with Gasteiger partial charge in [-0.25, -0.2) is 0 Å². The number of aromatic hydroxyl groups is 1. The van der Waals surface area contributed by atoms with Crippen LogP contribution in [0.15, 0.2) is 43.0 Å². The van der Waals surface area contributed by atoms with Gasteiger partial charge in [0.15, 0.2) is 0 Å². The number of nitro benzene ring substituents is 1. The largest absolute Gasteiger partial charge is 0.508 e. The number of phenols is 1. The number of allylic oxidation sites excluding steroid dienone is 1. The van der Waals surface area contributed by atoms with Gasteiger partial charge in [-0.15, -0.1) is 6.58 Å². The summed E-state index contributed by atoms with van der Waals surface area (Å²) in [7, 11) is 0. The fourth-order valence-electron chi connectivity index (χ4n) is 2.63. The minimum atomic E-state index is -0.369. The first kappa shape index (κ1) is 15.8. The number of non-ortho nitro benzene ring substituents is 1. The Morgan fingerprint density at radius 1 is 1.23 bits per heavy atom. The summed E-state index contributed by atoms with van der Waals surface area (Å²) in [6, 6.07) is 8.73. The highest BCUT2D eigenvalue weighted by Gasteiger charge is 2.13. The van der Waals surface area contributed by atoms with Crippen molar-refractivity contribution in [1.29, 1.82) is 0 Å². The summed E-state index contributed by atoms with van der Waals surface area (Å²) in [5.41, 5.74) is 4.92. The molecule has 2 rings (SSSR count). The van der Waals surface area contributed by atoms with Gasteiger partial charge in [0.25, 0.3) is 5.69 Å². The zero-order valence-corrected chi connectivity index (χ0v) is 12.8. The standard InChI is InChI=1S/C18H19NO3/c1-4-5-15-10-14(6-7-18(15)20)11-17-12(2)8-16(19(21)22)9-13(17)3/h4,6-10,20H,1,5,11H2,2-3H3. The maximum absolute atomic E-state index is 10.9. The molecule has 0 bridgehead atoms. The van der Waals surface area contributed by atoms with E-state index in [1.807, 2.05) is 26.0 Å². The number of nitro groups is 1. The van der Waals surface area contributed by atoms with Gasteiger partial charge in [0.1, 0.15) is 5.75 Å². The summed E-state index contributed by atoms with van der Waals surface area (Å²) in [6.45, 7) is 7.47. The Morgan fingerprint density at radius 3 is 2.41 bits per heavy atom. The lowest BCUT2D eigenvalue weighted by Gasteiger charge is -2.11. The molecular formula is C18H19NO3. The maximum atomic E-state index is 10.9. The van der Waals surface area contributed by atoms with Crippen LogP contribution in [-0.2, 0) is 12.8 Å². The van der Waals surface area contributed by atoms with Gasteiger partial charge >= 0.3 is 0 Å². The fraction of sp³-hybridized carbons (Fsp3) is 0.222. The molecule has 0 saturated carbocycles. The Hall–Kier alpha value is -2.62. The maximum Gasteiger partial charge on any atom is 0.269 e. The molecule has 0 radical (unpaired) electrons. The molecule has 0 amide bonds. The Kier molecular flexibility index (Phi) is 4.61. The van der Waals surface area contributed by atoms with Gasteiger partial charge < -0.3 is 5.11 Å². The van der Waals surface area contributed by atoms with Crippen molar-refractivity contribution in [3.63, 3.8) is 0 Å². The van der Waals surface area contributed by atoms with Gasteiger partial charge in [0.05, 0.1) is 4.92 Å². The van der Waals surface area contributed by atoms with Crippen molar-refractivity contribution in [1.82, 2.24) is 0 Å². The quantitative estimate of drug-likeness (QED) is 0.510. The second-order valence-corrected chi connectivity index (χ2v) is 5.45. The highest BCUT2D eigenvalue weighted by atomic mass is 16.6. The summed E-state index contributed by atoms with van der Waals surface area (Å²) in [4.78, 5) is 10.5. The number of rotatable bonds is 5. The second-order valence-electron chi connectivity index (χ2n) is 5.45. The average Bonchev–Trinajstić information content (AvgIpc) is 2.46. The molecule has 1 N–H and O–H groups in total. The molecule has 0 heterocycles. The number of nitrogens with zero attached hydrogens (tertiary/aromatic N) is 1. The van der Waals surface area contributed by atoms with Gasteiger partial charge in [-0.2, -0.15) is 0 Å². The molecule has 0 aliphatic heterocycles. The minimum absolute atomic E-state index is 0.122. The monoisotopic (exact) mass is 297 g/mol. The lowest BCUT2D eigenvalue weighted by molar-refractivity contribution is -0.385. The van der Waals surface area contributed by atoms with Crippen LogP contribution in [-0.4, -0.2) is 10.0 Å². The molecule has 2 aromatic carbocycles. The van der Waals surface area contributed by atoms with E-state index < -0.39 is 0 Å². The fourth-order valence-corrected chi connectivity index (χ4v) is 2.63. The molecule has 0 aromatic heterocycles. The molecule has 0 fully saturated rings. The molecule has 0 aliphatic rings. The van der Waals surface area contributed by atoms with Crippen molar-refractivity contribution in [2.75, 3.05) is 0 Å². The Morgan fingerprint density at radius 2 is 1.86 bits per heavy atom. The summed E-state index contributed by atoms with van der Waals surface area (Å²) in [6.07, 6.45) is 3.04. The highest BCUT2D eigenvalue weighted by molar-refractivity contribution is 5.47. The smallest absolute Gasteiger partial charge is 0.269 e. The predicted molar refractivity (Wildman–Crippen MR) is 87.4 cm³/mol. The van der Waals surface area contributed by atoms with E-state index in [0.717, 1.165) is 27.8 Å². The SMILES string of the molecule is C=CCc1cc(Cc2c(C)cc([N+](=O)[O-])cc2C)ccc1O. The van der Waals surface area contributed by atoms with Gasteiger partial charge in [0.2, 0.25) is 0 Å². The highest BCUT2D eigenvalue weighted by Crippen LogP contribution is 2.26. The second kappa shape index (κ2) is 6.43. The van der Waals surface area contributed by atoms with Crippen LogP contribution < -0.4 is 0 Å². The summed E-state index contributed by atoms with van der Waals surface area (Å²) in [5.74, 6) is 0.265. The number of hydrogen-bond donors (Lipinski definition) is 1. The molecule has 0 atom stereocenters. The van der Waals surface area contributed by atoms with Crippen molar-refractivity contribution < 1.29 is 10.0 Å². The van der Waals surface area contributed by atoms with Crippen molar-refractivity contribution in [2.45, 2.75) is 26.7 Å². The average molecular weight is 297 g/mol. The number of aryl methyl sites for hydroxylation is 2. The van der Waals surface area contributed by atoms with Crippen molar-refractivity contribution >= 4 is 5.69 Å². The van der Waals surface area contributed by atoms with Crippen LogP contribution in [0.5, 0.6) is 5.75 Å². The summed E-state index contributed by atoms with van der Waals surface area (Å²) >= 11 is 0. The third-order valence-corrected chi connectivity index (χ3v) is 3.78. The zero-order valence-electron chi connectivity index (χ0n) is 12.8. The molecule has 0 aliphatic carbocycles. The van der Waals surface area contributed by atoms with Crippen LogP contribution in [0.1, 0.15) is 27.8 Å². The summed E-state index contributed by atoms with van der Waals surface area (Å²) < 4.78 is 0. The topological polar surface area (TPSA) is 63.4 Å². The van der Waals surface area contributed by atoms with Crippen molar-refractivity contribution in [2.24, 2.45) is 0 Å². The van der Waals surface area contributed by atoms with Gasteiger partial charge in [-0.1, -0.05) is 18.2 Å². The van der Waals surface area contributed by atoms with Crippen LogP contribution >= 0.6 is 0 Å². The lowest BCUT2D eigenvalue weighted by atomic mass is 9.94. The van der Waals surface area contributed by atoms with E-state index in [1.165, 1.54) is 0 Å². The molecule has 2 aromatic rings. The van der Waals surface area contributed by atoms with E-state index in [4.69, 9.17) is 0 Å². The van der Waals surface area contributed by atoms with Crippen LogP contribution in [0.4, 0.5) is 5.69 Å². The molecule has 22 heavy (non-hydrogen) atoms. The van der Waals surface area contributed by atoms with E-state index in [-0.39, 0.29) is 16.4 Å². The molecule has 0 spiro atoms. The van der Waals surface area contributed by atoms with E-state index in [0.29, 0.717) is 12.8 Å². The van der Waals surface area contributed by atoms with E-state index >= 15 is 0 Å². The van der Waals surface area contributed by atoms with Crippen molar-refractivity contribution in [3.8, 4) is 5.75 Å². The molecule has 4 nitrogen and oxygen atoms in total. The first-order valence-corrected chi connectivity index (χ1v) is 7.08. The third-order valence-electron chi connectivity index (χ3n) is 3.78. The minimum Gasteiger partial charge on any atom is -0.508 e. The predicted octanol–water partition coefficient (Wildman–Crippen LogP) is 4.24. The third kappa shape index (κ3) is 3.34. The molecule has 0 saturated heterocycles. The Labute approximate surface area is 129 Å². The Bertz CT molecular complexity index is 712. The van der Waals surface area contributed by atoms with Crippen LogP contribution in [0.25, 0.3) is 0 Å². The first-order valence-electron chi connectivity index (χ1n) is 7.08. The first-order chi connectivity index (χ1) is 10.4. The normalized spacial score (nSPS) is 10.5. The molecule has 4 heteroatoms. The van der Waals surface area contributed by atoms with E-state index in [2.05, 4.69) is 6.58 Å².